The summed E-state index contributed by atoms with van der Waals surface area (Å²) >= 11 is 0. The number of carbonyl (C=O) groups is 1. The van der Waals surface area contributed by atoms with Crippen LogP contribution in [0.25, 0.3) is 0 Å². The summed E-state index contributed by atoms with van der Waals surface area (Å²) in [5, 5.41) is 8.47. The quantitative estimate of drug-likeness (QED) is 0.410. The molecule has 0 aliphatic rings. The molecule has 0 aromatic rings. The van der Waals surface area contributed by atoms with E-state index in [0.717, 1.165) is 0 Å². The van der Waals surface area contributed by atoms with Crippen LogP contribution in [-0.2, 0) is 14.7 Å². The van der Waals surface area contributed by atoms with Crippen molar-refractivity contribution < 1.29 is 14.1 Å². The lowest BCUT2D eigenvalue weighted by Gasteiger charge is -2.17. The van der Waals surface area contributed by atoms with Crippen molar-refractivity contribution in [3.8, 4) is 0 Å². The summed E-state index contributed by atoms with van der Waals surface area (Å²) in [4.78, 5) is 10.3. The molecule has 0 heterocycles. The maximum atomic E-state index is 11.6. The van der Waals surface area contributed by atoms with Crippen LogP contribution in [0, 0.1) is 0 Å². The number of thiol groups is 1. The van der Waals surface area contributed by atoms with Crippen molar-refractivity contribution in [1.29, 1.82) is 0 Å². The average molecular weight is 207 g/mol. The van der Waals surface area contributed by atoms with E-state index < -0.39 is 21.9 Å². The first kappa shape index (κ1) is 12.3. The Hall–Kier alpha value is -0.680. The number of aliphatic carboxylic acids is 1. The molecule has 78 valence electrons. The third-order valence-corrected chi connectivity index (χ3v) is 3.98. The zero-order valence-electron chi connectivity index (χ0n) is 7.77. The summed E-state index contributed by atoms with van der Waals surface area (Å²) < 4.78 is 11.6. The predicted molar refractivity (Wildman–Crippen MR) is 55.6 cm³/mol. The van der Waals surface area contributed by atoms with Crippen LogP contribution in [-0.4, -0.2) is 39.1 Å². The predicted octanol–water partition coefficient (Wildman–Crippen LogP) is -0.379. The van der Waals surface area contributed by atoms with Crippen molar-refractivity contribution in [2.24, 2.45) is 5.73 Å². The lowest BCUT2D eigenvalue weighted by molar-refractivity contribution is -0.138. The van der Waals surface area contributed by atoms with E-state index in [0.29, 0.717) is 11.5 Å². The van der Waals surface area contributed by atoms with Crippen LogP contribution in [0.1, 0.15) is 6.42 Å². The highest BCUT2D eigenvalue weighted by Crippen LogP contribution is 2.03. The monoisotopic (exact) mass is 207 g/mol. The van der Waals surface area contributed by atoms with Crippen LogP contribution in [0.2, 0.25) is 0 Å². The summed E-state index contributed by atoms with van der Waals surface area (Å²) in [7, 11) is -2.25. The molecule has 0 fully saturated rings. The first-order chi connectivity index (χ1) is 5.89. The van der Waals surface area contributed by atoms with E-state index in [1.807, 2.05) is 0 Å². The fourth-order valence-electron chi connectivity index (χ4n) is 0.900. The van der Waals surface area contributed by atoms with Gasteiger partial charge < -0.3 is 10.8 Å². The van der Waals surface area contributed by atoms with Crippen molar-refractivity contribution in [3.05, 3.63) is 12.7 Å². The van der Waals surface area contributed by atoms with E-state index in [4.69, 9.17) is 10.8 Å². The minimum atomic E-state index is -2.25. The Morgan fingerprint density at radius 2 is 2.31 bits per heavy atom. The van der Waals surface area contributed by atoms with E-state index in [9.17, 15) is 9.00 Å². The maximum Gasteiger partial charge on any atom is 0.320 e. The lowest BCUT2D eigenvalue weighted by Crippen LogP contribution is -2.33. The van der Waals surface area contributed by atoms with Crippen LogP contribution in [0.3, 0.4) is 0 Å². The van der Waals surface area contributed by atoms with Gasteiger partial charge in [0.1, 0.15) is 6.04 Å². The van der Waals surface area contributed by atoms with Gasteiger partial charge in [0.05, 0.1) is 0 Å². The molecule has 0 rings (SSSR count). The van der Waals surface area contributed by atoms with Crippen LogP contribution < -0.4 is 5.73 Å². The highest BCUT2D eigenvalue weighted by molar-refractivity contribution is 8.02. The fourth-order valence-corrected chi connectivity index (χ4v) is 2.45. The third kappa shape index (κ3) is 5.54. The molecule has 0 aromatic heterocycles. The average Bonchev–Trinajstić information content (AvgIpc) is 2.00. The van der Waals surface area contributed by atoms with Crippen LogP contribution in [0.4, 0.5) is 0 Å². The zero-order valence-corrected chi connectivity index (χ0v) is 8.67. The summed E-state index contributed by atoms with van der Waals surface area (Å²) in [6, 6.07) is -0.905. The van der Waals surface area contributed by atoms with Crippen LogP contribution in [0.5, 0.6) is 0 Å². The van der Waals surface area contributed by atoms with Crippen molar-refractivity contribution in [1.82, 2.24) is 0 Å². The maximum absolute atomic E-state index is 11.6. The Morgan fingerprint density at radius 1 is 1.77 bits per heavy atom. The number of carboxylic acid groups (broad SMARTS) is 1. The van der Waals surface area contributed by atoms with Gasteiger partial charge in [-0.1, -0.05) is 6.08 Å². The summed E-state index contributed by atoms with van der Waals surface area (Å²) in [5.41, 5.74) is 5.27. The van der Waals surface area contributed by atoms with Gasteiger partial charge in [-0.3, -0.25) is 9.00 Å². The Labute approximate surface area is 79.2 Å². The van der Waals surface area contributed by atoms with Crippen molar-refractivity contribution in [2.75, 3.05) is 17.8 Å². The van der Waals surface area contributed by atoms with E-state index in [2.05, 4.69) is 6.58 Å². The van der Waals surface area contributed by atoms with Crippen molar-refractivity contribution in [3.63, 3.8) is 0 Å². The molecule has 0 amide bonds. The standard InChI is InChI=1S/C8H17NO3S/c1-3-5-13(2,12)6-4-7(9)8(10)11/h3,7,13H,1,4-6,9H2,2H3,(H,10,11)/t7-/m0/s1. The molecular formula is C8H17NO3S. The smallest absolute Gasteiger partial charge is 0.320 e. The Bertz CT molecular complexity index is 240. The summed E-state index contributed by atoms with van der Waals surface area (Å²) in [6.07, 6.45) is 3.49. The molecule has 3 N–H and O–H groups in total. The van der Waals surface area contributed by atoms with Gasteiger partial charge in [-0.25, -0.2) is 0 Å². The Morgan fingerprint density at radius 3 is 2.69 bits per heavy atom. The number of hydrogen-bond donors (Lipinski definition) is 3. The molecule has 1 atom stereocenters. The summed E-state index contributed by atoms with van der Waals surface area (Å²) in [6.45, 7) is 3.49. The first-order valence-corrected chi connectivity index (χ1v) is 6.56. The second-order valence-corrected chi connectivity index (χ2v) is 6.63. The van der Waals surface area contributed by atoms with Gasteiger partial charge in [0.15, 0.2) is 0 Å². The molecule has 0 unspecified atom stereocenters. The van der Waals surface area contributed by atoms with E-state index >= 15 is 0 Å². The van der Waals surface area contributed by atoms with Gasteiger partial charge in [0.2, 0.25) is 0 Å². The molecule has 0 aromatic carbocycles. The first-order valence-electron chi connectivity index (χ1n) is 4.04. The van der Waals surface area contributed by atoms with E-state index in [-0.39, 0.29) is 6.42 Å². The largest absolute Gasteiger partial charge is 0.480 e. The lowest BCUT2D eigenvalue weighted by atomic mass is 10.2. The number of nitrogens with two attached hydrogens (primary N) is 1. The number of carboxylic acids is 1. The molecule has 0 bridgehead atoms. The van der Waals surface area contributed by atoms with Gasteiger partial charge in [-0.05, 0) is 12.7 Å². The molecule has 5 heteroatoms. The normalized spacial score (nSPS) is 14.9. The SMILES string of the molecule is C=CC[SH](C)(=O)CC[C@H](N)C(=O)O. The second kappa shape index (κ2) is 5.14. The summed E-state index contributed by atoms with van der Waals surface area (Å²) in [5.74, 6) is -0.232. The minimum Gasteiger partial charge on any atom is -0.480 e. The molecule has 13 heavy (non-hydrogen) atoms. The van der Waals surface area contributed by atoms with Gasteiger partial charge in [0.25, 0.3) is 0 Å². The Kier molecular flexibility index (Phi) is 4.87. The third-order valence-electron chi connectivity index (χ3n) is 1.75. The molecule has 0 saturated heterocycles. The number of hydrogen-bond acceptors (Lipinski definition) is 3. The molecule has 0 aliphatic carbocycles. The second-order valence-electron chi connectivity index (χ2n) is 3.23. The molecular weight excluding hydrogens is 190 g/mol. The highest BCUT2D eigenvalue weighted by Gasteiger charge is 2.14. The van der Waals surface area contributed by atoms with Crippen LogP contribution in [0.15, 0.2) is 12.7 Å². The minimum absolute atomic E-state index is 0.261. The van der Waals surface area contributed by atoms with Gasteiger partial charge in [-0.15, -0.1) is 16.5 Å². The molecule has 0 spiro atoms. The molecule has 0 radical (unpaired) electrons. The Balaban J connectivity index is 3.94. The van der Waals surface area contributed by atoms with E-state index in [1.54, 1.807) is 12.3 Å². The zero-order chi connectivity index (χ0) is 10.5. The topological polar surface area (TPSA) is 80.4 Å². The van der Waals surface area contributed by atoms with Gasteiger partial charge >= 0.3 is 5.97 Å². The highest BCUT2D eigenvalue weighted by atomic mass is 32.2. The van der Waals surface area contributed by atoms with Gasteiger partial charge in [-0.2, -0.15) is 0 Å². The number of rotatable bonds is 6. The van der Waals surface area contributed by atoms with Gasteiger partial charge in [0, 0.05) is 11.5 Å². The van der Waals surface area contributed by atoms with Crippen molar-refractivity contribution >= 4 is 15.9 Å². The van der Waals surface area contributed by atoms with E-state index in [1.165, 1.54) is 0 Å². The molecule has 0 aliphatic heterocycles. The fraction of sp³-hybridized carbons (Fsp3) is 0.625. The van der Waals surface area contributed by atoms with Crippen molar-refractivity contribution in [2.45, 2.75) is 12.5 Å². The van der Waals surface area contributed by atoms with Crippen LogP contribution >= 0.6 is 0 Å². The molecule has 0 saturated carbocycles. The molecule has 4 nitrogen and oxygen atoms in total.